The second kappa shape index (κ2) is 8.02. The highest BCUT2D eigenvalue weighted by Gasteiger charge is 2.57. The Kier molecular flexibility index (Phi) is 5.73. The summed E-state index contributed by atoms with van der Waals surface area (Å²) in [5.41, 5.74) is -1.67. The number of carboxylic acid groups (broad SMARTS) is 1. The van der Waals surface area contributed by atoms with E-state index >= 15 is 0 Å². The van der Waals surface area contributed by atoms with E-state index in [-0.39, 0.29) is 0 Å². The van der Waals surface area contributed by atoms with Crippen LogP contribution in [0.2, 0.25) is 5.02 Å². The Morgan fingerprint density at radius 1 is 1.06 bits per heavy atom. The molecule has 2 aliphatic rings. The Morgan fingerprint density at radius 3 is 2.21 bits per heavy atom. The van der Waals surface area contributed by atoms with Gasteiger partial charge >= 0.3 is 12.1 Å². The van der Waals surface area contributed by atoms with Gasteiger partial charge < -0.3 is 10.0 Å². The Labute approximate surface area is 192 Å². The predicted molar refractivity (Wildman–Crippen MR) is 113 cm³/mol. The first-order valence-electron chi connectivity index (χ1n) is 10.1. The molecule has 1 N–H and O–H groups in total. The van der Waals surface area contributed by atoms with Crippen molar-refractivity contribution in [3.05, 3.63) is 64.7 Å². The van der Waals surface area contributed by atoms with Gasteiger partial charge in [-0.15, -0.1) is 0 Å². The zero-order chi connectivity index (χ0) is 24.2. The summed E-state index contributed by atoms with van der Waals surface area (Å²) in [5.74, 6) is -1.95. The van der Waals surface area contributed by atoms with E-state index in [2.05, 4.69) is 0 Å². The second-order valence-electron chi connectivity index (χ2n) is 8.30. The van der Waals surface area contributed by atoms with Crippen molar-refractivity contribution in [2.45, 2.75) is 47.0 Å². The number of benzene rings is 2. The van der Waals surface area contributed by atoms with Crippen molar-refractivity contribution >= 4 is 33.3 Å². The maximum absolute atomic E-state index is 13.4. The largest absolute Gasteiger partial charge is 0.480 e. The van der Waals surface area contributed by atoms with Gasteiger partial charge in [0.05, 0.1) is 21.1 Å². The molecule has 1 aliphatic carbocycles. The normalized spacial score (nSPS) is 22.2. The average molecular weight is 502 g/mol. The number of hydrogen-bond donors (Lipinski definition) is 1. The minimum atomic E-state index is -4.91. The molecule has 2 aromatic rings. The van der Waals surface area contributed by atoms with E-state index in [1.807, 2.05) is 0 Å². The summed E-state index contributed by atoms with van der Waals surface area (Å²) in [5, 5.41) is 8.66. The number of amides is 1. The van der Waals surface area contributed by atoms with Crippen LogP contribution in [-0.2, 0) is 31.0 Å². The van der Waals surface area contributed by atoms with Gasteiger partial charge in [-0.05, 0) is 49.1 Å². The maximum atomic E-state index is 13.4. The molecule has 176 valence electrons. The van der Waals surface area contributed by atoms with Gasteiger partial charge in [0.2, 0.25) is 5.91 Å². The fourth-order valence-corrected chi connectivity index (χ4v) is 6.44. The van der Waals surface area contributed by atoms with E-state index in [1.54, 1.807) is 24.3 Å². The van der Waals surface area contributed by atoms with Gasteiger partial charge in [0.15, 0.2) is 9.84 Å². The molecule has 1 saturated heterocycles. The van der Waals surface area contributed by atoms with Crippen molar-refractivity contribution in [3.63, 3.8) is 0 Å². The Morgan fingerprint density at radius 2 is 1.67 bits per heavy atom. The third-order valence-corrected chi connectivity index (χ3v) is 8.74. The smallest absolute Gasteiger partial charge is 0.417 e. The van der Waals surface area contributed by atoms with E-state index < -0.39 is 68.0 Å². The number of carboxylic acids is 1. The Bertz CT molecular complexity index is 1210. The number of hydrogen-bond acceptors (Lipinski definition) is 4. The summed E-state index contributed by atoms with van der Waals surface area (Å²) in [6.07, 6.45) is -4.50. The molecule has 0 spiro atoms. The number of nitrogens with zero attached hydrogens (tertiary/aromatic N) is 1. The molecule has 2 aromatic carbocycles. The molecule has 0 bridgehead atoms. The van der Waals surface area contributed by atoms with Gasteiger partial charge in [0.1, 0.15) is 6.04 Å². The third kappa shape index (κ3) is 4.10. The van der Waals surface area contributed by atoms with Crippen molar-refractivity contribution in [1.29, 1.82) is 0 Å². The molecule has 1 amide bonds. The summed E-state index contributed by atoms with van der Waals surface area (Å²) >= 11 is 5.91. The number of halogens is 4. The highest BCUT2D eigenvalue weighted by molar-refractivity contribution is 7.92. The maximum Gasteiger partial charge on any atom is 0.417 e. The fraction of sp³-hybridized carbons (Fsp3) is 0.364. The minimum absolute atomic E-state index is 0.449. The summed E-state index contributed by atoms with van der Waals surface area (Å²) in [7, 11) is -4.58. The molecule has 2 atom stereocenters. The SMILES string of the molecule is O=C(O)C1CC(S(=O)(=O)c2ccccc2C(F)(F)F)CN1C(=O)C1(c2ccc(Cl)cc2)CC1. The molecule has 1 heterocycles. The summed E-state index contributed by atoms with van der Waals surface area (Å²) in [6.45, 7) is -0.500. The van der Waals surface area contributed by atoms with Crippen molar-refractivity contribution in [3.8, 4) is 0 Å². The molecule has 2 unspecified atom stereocenters. The number of likely N-dealkylation sites (tertiary alicyclic amines) is 1. The zero-order valence-electron chi connectivity index (χ0n) is 17.0. The summed E-state index contributed by atoms with van der Waals surface area (Å²) in [4.78, 5) is 25.4. The van der Waals surface area contributed by atoms with Crippen LogP contribution in [0, 0.1) is 0 Å². The molecule has 1 saturated carbocycles. The van der Waals surface area contributed by atoms with Crippen LogP contribution in [0.15, 0.2) is 53.4 Å². The second-order valence-corrected chi connectivity index (χ2v) is 10.9. The lowest BCUT2D eigenvalue weighted by Gasteiger charge is -2.27. The number of alkyl halides is 3. The number of sulfone groups is 1. The van der Waals surface area contributed by atoms with Crippen LogP contribution in [0.1, 0.15) is 30.4 Å². The van der Waals surface area contributed by atoms with Gasteiger partial charge in [0, 0.05) is 11.6 Å². The van der Waals surface area contributed by atoms with Crippen LogP contribution in [-0.4, -0.2) is 48.1 Å². The molecular weight excluding hydrogens is 483 g/mol. The standard InChI is InChI=1S/C22H19ClF3NO5S/c23-14-7-5-13(6-8-14)21(9-10-21)20(30)27-12-15(11-17(27)19(28)29)33(31,32)18-4-2-1-3-16(18)22(24,25)26/h1-8,15,17H,9-12H2,(H,28,29). The van der Waals surface area contributed by atoms with E-state index in [0.717, 1.165) is 17.0 Å². The number of rotatable bonds is 5. The lowest BCUT2D eigenvalue weighted by atomic mass is 9.94. The zero-order valence-corrected chi connectivity index (χ0v) is 18.6. The molecule has 0 aromatic heterocycles. The molecule has 2 fully saturated rings. The van der Waals surface area contributed by atoms with Crippen LogP contribution < -0.4 is 0 Å². The molecule has 6 nitrogen and oxygen atoms in total. The van der Waals surface area contributed by atoms with Crippen LogP contribution in [0.4, 0.5) is 13.2 Å². The first kappa shape index (κ1) is 23.6. The van der Waals surface area contributed by atoms with E-state index in [0.29, 0.717) is 29.5 Å². The summed E-state index contributed by atoms with van der Waals surface area (Å²) in [6, 6.07) is 8.84. The van der Waals surface area contributed by atoms with Crippen LogP contribution in [0.3, 0.4) is 0 Å². The average Bonchev–Trinajstić information content (AvgIpc) is 3.43. The van der Waals surface area contributed by atoms with Crippen molar-refractivity contribution < 1.29 is 36.3 Å². The van der Waals surface area contributed by atoms with Crippen LogP contribution >= 0.6 is 11.6 Å². The van der Waals surface area contributed by atoms with Crippen molar-refractivity contribution in [1.82, 2.24) is 4.90 Å². The lowest BCUT2D eigenvalue weighted by molar-refractivity contribution is -0.149. The molecule has 11 heteroatoms. The number of aliphatic carboxylic acids is 1. The van der Waals surface area contributed by atoms with E-state index in [1.165, 1.54) is 6.07 Å². The highest BCUT2D eigenvalue weighted by atomic mass is 35.5. The van der Waals surface area contributed by atoms with Gasteiger partial charge in [-0.1, -0.05) is 35.9 Å². The topological polar surface area (TPSA) is 91.8 Å². The Balaban J connectivity index is 1.68. The van der Waals surface area contributed by atoms with Gasteiger partial charge in [0.25, 0.3) is 0 Å². The minimum Gasteiger partial charge on any atom is -0.480 e. The van der Waals surface area contributed by atoms with Gasteiger partial charge in [-0.2, -0.15) is 13.2 Å². The van der Waals surface area contributed by atoms with Crippen molar-refractivity contribution in [2.24, 2.45) is 0 Å². The number of carbonyl (C=O) groups excluding carboxylic acids is 1. The molecule has 1 aliphatic heterocycles. The highest BCUT2D eigenvalue weighted by Crippen LogP contribution is 2.51. The first-order valence-corrected chi connectivity index (χ1v) is 12.0. The van der Waals surface area contributed by atoms with Gasteiger partial charge in [-0.3, -0.25) is 4.79 Å². The van der Waals surface area contributed by atoms with E-state index in [4.69, 9.17) is 11.6 Å². The van der Waals surface area contributed by atoms with Crippen molar-refractivity contribution in [2.75, 3.05) is 6.54 Å². The monoisotopic (exact) mass is 501 g/mol. The lowest BCUT2D eigenvalue weighted by Crippen LogP contribution is -2.46. The van der Waals surface area contributed by atoms with Crippen LogP contribution in [0.5, 0.6) is 0 Å². The predicted octanol–water partition coefficient (Wildman–Crippen LogP) is 3.92. The van der Waals surface area contributed by atoms with Crippen LogP contribution in [0.25, 0.3) is 0 Å². The third-order valence-electron chi connectivity index (χ3n) is 6.30. The first-order chi connectivity index (χ1) is 15.4. The number of carbonyl (C=O) groups is 2. The molecule has 0 radical (unpaired) electrons. The quantitative estimate of drug-likeness (QED) is 0.670. The van der Waals surface area contributed by atoms with Gasteiger partial charge in [-0.25, -0.2) is 13.2 Å². The summed E-state index contributed by atoms with van der Waals surface area (Å²) < 4.78 is 66.6. The fourth-order valence-electron chi connectivity index (χ4n) is 4.40. The molecular formula is C22H19ClF3NO5S. The Hall–Kier alpha value is -2.59. The van der Waals surface area contributed by atoms with E-state index in [9.17, 15) is 36.3 Å². The molecule has 33 heavy (non-hydrogen) atoms. The molecule has 4 rings (SSSR count).